The number of halogens is 1. The normalized spacial score (nSPS) is 13.7. The summed E-state index contributed by atoms with van der Waals surface area (Å²) >= 11 is 0. The molecular weight excluding hydrogens is 127 g/mol. The first kappa shape index (κ1) is 5.66. The minimum atomic E-state index is -0.112. The van der Waals surface area contributed by atoms with Crippen LogP contribution in [0.2, 0.25) is 0 Å². The lowest BCUT2D eigenvalue weighted by Gasteiger charge is -1.96. The molecule has 1 aromatic carbocycles. The second-order valence-corrected chi connectivity index (χ2v) is 2.32. The molecule has 0 N–H and O–H groups in total. The molecule has 1 radical (unpaired) electrons. The lowest BCUT2D eigenvalue weighted by molar-refractivity contribution is 0.615. The van der Waals surface area contributed by atoms with E-state index in [4.69, 9.17) is 0 Å². The maximum absolute atomic E-state index is 12.8. The molecule has 2 rings (SSSR count). The molecule has 0 spiro atoms. The molecule has 0 nitrogen and oxygen atoms in total. The van der Waals surface area contributed by atoms with Gasteiger partial charge in [-0.25, -0.2) is 4.39 Å². The van der Waals surface area contributed by atoms with E-state index in [2.05, 4.69) is 6.07 Å². The Morgan fingerprint density at radius 3 is 3.20 bits per heavy atom. The summed E-state index contributed by atoms with van der Waals surface area (Å²) in [7, 11) is 0. The number of allylic oxidation sites excluding steroid dienone is 1. The Hall–Kier alpha value is -1.11. The van der Waals surface area contributed by atoms with Crippen LogP contribution < -0.4 is 0 Å². The van der Waals surface area contributed by atoms with Crippen molar-refractivity contribution in [3.63, 3.8) is 0 Å². The number of fused-ring (bicyclic) bond motifs is 1. The van der Waals surface area contributed by atoms with Crippen molar-refractivity contribution < 1.29 is 4.39 Å². The third kappa shape index (κ3) is 0.670. The molecule has 0 aromatic heterocycles. The predicted octanol–water partition coefficient (Wildman–Crippen LogP) is 2.20. The average Bonchev–Trinajstić information content (AvgIpc) is 2.36. The van der Waals surface area contributed by atoms with E-state index in [1.165, 1.54) is 6.07 Å². The quantitative estimate of drug-likeness (QED) is 0.509. The largest absolute Gasteiger partial charge is 0.207 e. The van der Waals surface area contributed by atoms with Gasteiger partial charge in [0.15, 0.2) is 0 Å². The van der Waals surface area contributed by atoms with E-state index in [0.29, 0.717) is 0 Å². The number of hydrogen-bond donors (Lipinski definition) is 0. The molecule has 1 aromatic rings. The lowest BCUT2D eigenvalue weighted by atomic mass is 10.1. The highest BCUT2D eigenvalue weighted by atomic mass is 19.1. The van der Waals surface area contributed by atoms with Crippen molar-refractivity contribution in [3.8, 4) is 0 Å². The SMILES string of the molecule is Fc1cc[c]c2c1CC=C2. The summed E-state index contributed by atoms with van der Waals surface area (Å²) < 4.78 is 12.8. The van der Waals surface area contributed by atoms with Crippen LogP contribution in [0.3, 0.4) is 0 Å². The van der Waals surface area contributed by atoms with E-state index in [-0.39, 0.29) is 5.82 Å². The van der Waals surface area contributed by atoms with Crippen molar-refractivity contribution >= 4 is 6.08 Å². The maximum atomic E-state index is 12.8. The van der Waals surface area contributed by atoms with Gasteiger partial charge in [-0.3, -0.25) is 0 Å². The maximum Gasteiger partial charge on any atom is 0.127 e. The van der Waals surface area contributed by atoms with Gasteiger partial charge in [-0.1, -0.05) is 18.2 Å². The van der Waals surface area contributed by atoms with Gasteiger partial charge >= 0.3 is 0 Å². The Morgan fingerprint density at radius 1 is 1.50 bits per heavy atom. The van der Waals surface area contributed by atoms with Crippen molar-refractivity contribution in [1.29, 1.82) is 0 Å². The molecule has 0 saturated carbocycles. The van der Waals surface area contributed by atoms with Crippen LogP contribution in [0.5, 0.6) is 0 Å². The lowest BCUT2D eigenvalue weighted by Crippen LogP contribution is -1.86. The number of hydrogen-bond acceptors (Lipinski definition) is 0. The summed E-state index contributed by atoms with van der Waals surface area (Å²) in [4.78, 5) is 0. The van der Waals surface area contributed by atoms with Crippen LogP contribution >= 0.6 is 0 Å². The summed E-state index contributed by atoms with van der Waals surface area (Å²) in [6.07, 6.45) is 4.57. The van der Waals surface area contributed by atoms with Gasteiger partial charge in [-0.2, -0.15) is 0 Å². The standard InChI is InChI=1S/C9H6F/c10-9-6-2-4-7-3-1-5-8(7)9/h1-3,6H,5H2. The number of rotatable bonds is 0. The topological polar surface area (TPSA) is 0 Å². The van der Waals surface area contributed by atoms with Gasteiger partial charge in [0.05, 0.1) is 0 Å². The highest BCUT2D eigenvalue weighted by Crippen LogP contribution is 2.20. The van der Waals surface area contributed by atoms with Crippen molar-refractivity contribution in [2.45, 2.75) is 6.42 Å². The van der Waals surface area contributed by atoms with E-state index in [1.807, 2.05) is 12.2 Å². The molecule has 10 heavy (non-hydrogen) atoms. The molecule has 49 valence electrons. The molecule has 0 bridgehead atoms. The van der Waals surface area contributed by atoms with Gasteiger partial charge in [0.2, 0.25) is 0 Å². The molecule has 0 unspecified atom stereocenters. The first-order valence-corrected chi connectivity index (χ1v) is 3.23. The van der Waals surface area contributed by atoms with Gasteiger partial charge < -0.3 is 0 Å². The predicted molar refractivity (Wildman–Crippen MR) is 38.0 cm³/mol. The van der Waals surface area contributed by atoms with E-state index in [0.717, 1.165) is 17.5 Å². The molecule has 0 heterocycles. The highest BCUT2D eigenvalue weighted by Gasteiger charge is 2.08. The Kier molecular flexibility index (Phi) is 1.10. The highest BCUT2D eigenvalue weighted by molar-refractivity contribution is 5.59. The van der Waals surface area contributed by atoms with E-state index in [1.54, 1.807) is 6.07 Å². The Labute approximate surface area is 59.0 Å². The molecular formula is C9H6F. The van der Waals surface area contributed by atoms with Crippen LogP contribution in [0.1, 0.15) is 11.1 Å². The van der Waals surface area contributed by atoms with Crippen molar-refractivity contribution in [1.82, 2.24) is 0 Å². The Bertz CT molecular complexity index is 287. The fraction of sp³-hybridized carbons (Fsp3) is 0.111. The van der Waals surface area contributed by atoms with Crippen molar-refractivity contribution in [2.24, 2.45) is 0 Å². The summed E-state index contributed by atoms with van der Waals surface area (Å²) in [5.41, 5.74) is 1.68. The van der Waals surface area contributed by atoms with Crippen LogP contribution in [-0.4, -0.2) is 0 Å². The second kappa shape index (κ2) is 1.94. The third-order valence-corrected chi connectivity index (χ3v) is 1.69. The summed E-state index contributed by atoms with van der Waals surface area (Å²) in [6, 6.07) is 6.03. The zero-order valence-corrected chi connectivity index (χ0v) is 5.39. The molecule has 0 fully saturated rings. The first-order chi connectivity index (χ1) is 4.88. The smallest absolute Gasteiger partial charge is 0.127 e. The minimum absolute atomic E-state index is 0.112. The zero-order chi connectivity index (χ0) is 6.97. The fourth-order valence-electron chi connectivity index (χ4n) is 1.17. The summed E-state index contributed by atoms with van der Waals surface area (Å²) in [5, 5.41) is 0. The van der Waals surface area contributed by atoms with Gasteiger partial charge in [-0.05, 0) is 29.7 Å². The molecule has 0 aliphatic heterocycles. The molecule has 1 heteroatoms. The monoisotopic (exact) mass is 133 g/mol. The Balaban J connectivity index is 2.66. The van der Waals surface area contributed by atoms with E-state index < -0.39 is 0 Å². The van der Waals surface area contributed by atoms with Gasteiger partial charge in [-0.15, -0.1) is 0 Å². The van der Waals surface area contributed by atoms with Gasteiger partial charge in [0, 0.05) is 0 Å². The van der Waals surface area contributed by atoms with Crippen LogP contribution in [0.4, 0.5) is 4.39 Å². The summed E-state index contributed by atoms with van der Waals surface area (Å²) in [5.74, 6) is -0.112. The van der Waals surface area contributed by atoms with Crippen molar-refractivity contribution in [2.75, 3.05) is 0 Å². The van der Waals surface area contributed by atoms with Gasteiger partial charge in [0.25, 0.3) is 0 Å². The Morgan fingerprint density at radius 2 is 2.40 bits per heavy atom. The third-order valence-electron chi connectivity index (χ3n) is 1.69. The molecule has 0 amide bonds. The van der Waals surface area contributed by atoms with E-state index >= 15 is 0 Å². The molecule has 0 saturated heterocycles. The molecule has 1 aliphatic carbocycles. The average molecular weight is 133 g/mol. The van der Waals surface area contributed by atoms with Crippen molar-refractivity contribution in [3.05, 3.63) is 41.2 Å². The molecule has 0 atom stereocenters. The van der Waals surface area contributed by atoms with Gasteiger partial charge in [0.1, 0.15) is 5.82 Å². The van der Waals surface area contributed by atoms with E-state index in [9.17, 15) is 4.39 Å². The van der Waals surface area contributed by atoms with Crippen LogP contribution in [-0.2, 0) is 6.42 Å². The van der Waals surface area contributed by atoms with Crippen LogP contribution in [0.15, 0.2) is 18.2 Å². The zero-order valence-electron chi connectivity index (χ0n) is 5.39. The second-order valence-electron chi connectivity index (χ2n) is 2.32. The van der Waals surface area contributed by atoms with Crippen LogP contribution in [0, 0.1) is 11.9 Å². The fourth-order valence-corrected chi connectivity index (χ4v) is 1.17. The summed E-state index contributed by atoms with van der Waals surface area (Å²) in [6.45, 7) is 0. The van der Waals surface area contributed by atoms with Crippen LogP contribution in [0.25, 0.3) is 6.08 Å². The number of benzene rings is 1. The minimum Gasteiger partial charge on any atom is -0.207 e. The molecule has 1 aliphatic rings. The first-order valence-electron chi connectivity index (χ1n) is 3.23.